The first-order valence-electron chi connectivity index (χ1n) is 10.4. The number of rotatable bonds is 4. The molecule has 1 aliphatic heterocycles. The maximum absolute atomic E-state index is 13.5. The van der Waals surface area contributed by atoms with E-state index in [0.717, 1.165) is 48.4 Å². The zero-order valence-corrected chi connectivity index (χ0v) is 18.1. The number of nitrogens with zero attached hydrogens (tertiary/aromatic N) is 4. The molecule has 0 amide bonds. The minimum Gasteiger partial charge on any atom is -0.390 e. The molecule has 6 nitrogen and oxygen atoms in total. The number of aliphatic hydroxyl groups is 1. The maximum Gasteiger partial charge on any atom is 0.251 e. The molecule has 2 N–H and O–H groups in total. The molecular formula is C21H28ClF2N5O. The van der Waals surface area contributed by atoms with Crippen molar-refractivity contribution in [1.29, 1.82) is 0 Å². The molecule has 0 radical (unpaired) electrons. The van der Waals surface area contributed by atoms with Crippen LogP contribution in [0.15, 0.2) is 18.3 Å². The molecule has 0 unspecified atom stereocenters. The van der Waals surface area contributed by atoms with Crippen molar-refractivity contribution in [2.24, 2.45) is 7.05 Å². The van der Waals surface area contributed by atoms with Crippen LogP contribution in [0.5, 0.6) is 0 Å². The molecule has 9 heteroatoms. The largest absolute Gasteiger partial charge is 0.390 e. The Morgan fingerprint density at radius 3 is 2.50 bits per heavy atom. The summed E-state index contributed by atoms with van der Waals surface area (Å²) in [5, 5.41) is 18.8. The van der Waals surface area contributed by atoms with Crippen LogP contribution in [-0.4, -0.2) is 50.5 Å². The molecule has 1 saturated carbocycles. The van der Waals surface area contributed by atoms with Gasteiger partial charge in [0.05, 0.1) is 11.3 Å². The fourth-order valence-electron chi connectivity index (χ4n) is 4.31. The van der Waals surface area contributed by atoms with Gasteiger partial charge in [-0.2, -0.15) is 5.10 Å². The number of hydrogen-bond donors (Lipinski definition) is 2. The summed E-state index contributed by atoms with van der Waals surface area (Å²) < 4.78 is 28.8. The summed E-state index contributed by atoms with van der Waals surface area (Å²) in [6.07, 6.45) is 4.62. The zero-order valence-electron chi connectivity index (χ0n) is 17.3. The summed E-state index contributed by atoms with van der Waals surface area (Å²) in [6.45, 7) is 2.49. The normalized spacial score (nSPS) is 26.6. The van der Waals surface area contributed by atoms with Crippen molar-refractivity contribution in [2.45, 2.75) is 63.0 Å². The van der Waals surface area contributed by atoms with Crippen molar-refractivity contribution >= 4 is 23.1 Å². The minimum atomic E-state index is -2.58. The average molecular weight is 440 g/mol. The first-order valence-corrected chi connectivity index (χ1v) is 10.8. The lowest BCUT2D eigenvalue weighted by Crippen LogP contribution is -2.40. The summed E-state index contributed by atoms with van der Waals surface area (Å²) in [5.41, 5.74) is 1.79. The van der Waals surface area contributed by atoms with Crippen LogP contribution >= 0.6 is 11.6 Å². The highest BCUT2D eigenvalue weighted by Gasteiger charge is 2.35. The molecule has 1 aliphatic carbocycles. The number of alkyl halides is 2. The summed E-state index contributed by atoms with van der Waals surface area (Å²) >= 11 is 6.16. The molecule has 30 heavy (non-hydrogen) atoms. The molecule has 0 spiro atoms. The molecule has 1 saturated heterocycles. The fraction of sp³-hybridized carbons (Fsp3) is 0.619. The predicted molar refractivity (Wildman–Crippen MR) is 114 cm³/mol. The Balaban J connectivity index is 1.56. The Kier molecular flexibility index (Phi) is 5.66. The Bertz CT molecular complexity index is 897. The third-order valence-electron chi connectivity index (χ3n) is 6.24. The number of piperidine rings is 1. The van der Waals surface area contributed by atoms with Crippen LogP contribution in [-0.2, 0) is 7.05 Å². The van der Waals surface area contributed by atoms with Gasteiger partial charge < -0.3 is 15.3 Å². The first-order chi connectivity index (χ1) is 14.1. The van der Waals surface area contributed by atoms with E-state index >= 15 is 0 Å². The van der Waals surface area contributed by atoms with E-state index in [4.69, 9.17) is 11.6 Å². The van der Waals surface area contributed by atoms with Crippen molar-refractivity contribution in [3.05, 3.63) is 23.5 Å². The van der Waals surface area contributed by atoms with Gasteiger partial charge >= 0.3 is 0 Å². The number of nitrogens with one attached hydrogen (secondary N) is 1. The maximum atomic E-state index is 13.5. The molecular weight excluding hydrogens is 412 g/mol. The molecule has 0 aromatic carbocycles. The fourth-order valence-corrected chi connectivity index (χ4v) is 4.46. The topological polar surface area (TPSA) is 66.2 Å². The third-order valence-corrected chi connectivity index (χ3v) is 6.45. The van der Waals surface area contributed by atoms with Crippen molar-refractivity contribution < 1.29 is 13.9 Å². The predicted octanol–water partition coefficient (Wildman–Crippen LogP) is 4.48. The van der Waals surface area contributed by atoms with Crippen LogP contribution < -0.4 is 10.2 Å². The van der Waals surface area contributed by atoms with Gasteiger partial charge in [0.15, 0.2) is 0 Å². The van der Waals surface area contributed by atoms with Crippen LogP contribution in [0.25, 0.3) is 11.3 Å². The lowest BCUT2D eigenvalue weighted by atomic mass is 9.83. The van der Waals surface area contributed by atoms with Crippen LogP contribution in [0.4, 0.5) is 20.3 Å². The first kappa shape index (κ1) is 21.3. The smallest absolute Gasteiger partial charge is 0.251 e. The standard InChI is InChI=1S/C21H28ClF2N5O/c1-20(30)5-3-14(4-6-20)26-16-11-18(22)25-13-15(16)17-12-19(28(2)27-17)29-9-7-21(23,24)8-10-29/h11-14,30H,3-10H2,1-2H3,(H,25,26). The average Bonchev–Trinajstić information content (AvgIpc) is 3.05. The summed E-state index contributed by atoms with van der Waals surface area (Å²) in [7, 11) is 1.82. The lowest BCUT2D eigenvalue weighted by Gasteiger charge is -2.34. The van der Waals surface area contributed by atoms with Crippen LogP contribution in [0.2, 0.25) is 5.15 Å². The van der Waals surface area contributed by atoms with Gasteiger partial charge in [0, 0.05) is 62.5 Å². The Morgan fingerprint density at radius 1 is 1.17 bits per heavy atom. The quantitative estimate of drug-likeness (QED) is 0.688. The highest BCUT2D eigenvalue weighted by Crippen LogP contribution is 2.36. The molecule has 3 heterocycles. The minimum absolute atomic E-state index is 0.145. The van der Waals surface area contributed by atoms with Gasteiger partial charge in [-0.3, -0.25) is 4.68 Å². The van der Waals surface area contributed by atoms with Crippen LogP contribution in [0, 0.1) is 0 Å². The molecule has 0 atom stereocenters. The van der Waals surface area contributed by atoms with Gasteiger partial charge in [-0.15, -0.1) is 0 Å². The van der Waals surface area contributed by atoms with Gasteiger partial charge in [-0.25, -0.2) is 13.8 Å². The van der Waals surface area contributed by atoms with E-state index in [1.54, 1.807) is 16.9 Å². The SMILES string of the molecule is Cn1nc(-c2cnc(Cl)cc2NC2CCC(C)(O)CC2)cc1N1CCC(F)(F)CC1. The van der Waals surface area contributed by atoms with Gasteiger partial charge in [0.25, 0.3) is 5.92 Å². The highest BCUT2D eigenvalue weighted by atomic mass is 35.5. The molecule has 4 rings (SSSR count). The van der Waals surface area contributed by atoms with Crippen LogP contribution in [0.3, 0.4) is 0 Å². The van der Waals surface area contributed by atoms with Gasteiger partial charge in [-0.05, 0) is 38.7 Å². The second kappa shape index (κ2) is 7.96. The third kappa shape index (κ3) is 4.70. The number of hydrogen-bond acceptors (Lipinski definition) is 5. The van der Waals surface area contributed by atoms with E-state index in [-0.39, 0.29) is 18.9 Å². The van der Waals surface area contributed by atoms with Crippen LogP contribution in [0.1, 0.15) is 45.4 Å². The molecule has 164 valence electrons. The van der Waals surface area contributed by atoms with E-state index in [1.165, 1.54) is 0 Å². The summed E-state index contributed by atoms with van der Waals surface area (Å²) in [4.78, 5) is 6.18. The second-order valence-corrected chi connectivity index (χ2v) is 9.21. The Labute approximate surface area is 180 Å². The van der Waals surface area contributed by atoms with E-state index in [9.17, 15) is 13.9 Å². The number of halogens is 3. The second-order valence-electron chi connectivity index (χ2n) is 8.82. The van der Waals surface area contributed by atoms with E-state index in [0.29, 0.717) is 18.2 Å². The van der Waals surface area contributed by atoms with Crippen molar-refractivity contribution in [3.8, 4) is 11.3 Å². The van der Waals surface area contributed by atoms with Gasteiger partial charge in [0.1, 0.15) is 11.0 Å². The Hall–Kier alpha value is -1.93. The molecule has 0 bridgehead atoms. The van der Waals surface area contributed by atoms with Gasteiger partial charge in [-0.1, -0.05) is 11.6 Å². The molecule has 2 aromatic rings. The van der Waals surface area contributed by atoms with E-state index in [2.05, 4.69) is 15.4 Å². The van der Waals surface area contributed by atoms with E-state index in [1.807, 2.05) is 24.9 Å². The van der Waals surface area contributed by atoms with Crippen molar-refractivity contribution in [2.75, 3.05) is 23.3 Å². The highest BCUT2D eigenvalue weighted by molar-refractivity contribution is 6.29. The molecule has 2 fully saturated rings. The summed E-state index contributed by atoms with van der Waals surface area (Å²) in [6, 6.07) is 3.94. The lowest BCUT2D eigenvalue weighted by molar-refractivity contribution is -0.0222. The number of pyridine rings is 1. The zero-order chi connectivity index (χ0) is 21.5. The summed E-state index contributed by atoms with van der Waals surface area (Å²) in [5.74, 6) is -1.77. The number of anilines is 2. The van der Waals surface area contributed by atoms with Crippen molar-refractivity contribution in [3.63, 3.8) is 0 Å². The molecule has 2 aromatic heterocycles. The monoisotopic (exact) mass is 439 g/mol. The molecule has 2 aliphatic rings. The van der Waals surface area contributed by atoms with E-state index < -0.39 is 11.5 Å². The number of aromatic nitrogens is 3. The van der Waals surface area contributed by atoms with Gasteiger partial charge in [0.2, 0.25) is 0 Å². The Morgan fingerprint density at radius 2 is 1.83 bits per heavy atom. The van der Waals surface area contributed by atoms with Crippen molar-refractivity contribution in [1.82, 2.24) is 14.8 Å². The number of aryl methyl sites for hydroxylation is 1.